The van der Waals surface area contributed by atoms with Crippen LogP contribution in [0.3, 0.4) is 0 Å². The minimum atomic E-state index is -3.01. The smallest absolute Gasteiger partial charge is 0.318 e. The van der Waals surface area contributed by atoms with Crippen LogP contribution < -0.4 is 10.6 Å². The van der Waals surface area contributed by atoms with Crippen molar-refractivity contribution in [2.45, 2.75) is 45.6 Å². The lowest BCUT2D eigenvalue weighted by atomic mass is 9.98. The van der Waals surface area contributed by atoms with Crippen molar-refractivity contribution in [2.75, 3.05) is 32.8 Å². The van der Waals surface area contributed by atoms with E-state index in [0.29, 0.717) is 32.8 Å². The number of nitrogens with one attached hydrogen (secondary N) is 2. The second-order valence-corrected chi connectivity index (χ2v) is 6.15. The molecule has 8 heteroatoms. The van der Waals surface area contributed by atoms with Crippen molar-refractivity contribution in [3.63, 3.8) is 0 Å². The zero-order chi connectivity index (χ0) is 17.5. The Hall–Kier alpha value is -1.44. The average Bonchev–Trinajstić information content (AvgIpc) is 2.46. The fourth-order valence-corrected chi connectivity index (χ4v) is 2.49. The lowest BCUT2D eigenvalue weighted by Crippen LogP contribution is -2.54. The molecule has 1 saturated heterocycles. The van der Waals surface area contributed by atoms with E-state index in [9.17, 15) is 18.4 Å². The second-order valence-electron chi connectivity index (χ2n) is 6.15. The summed E-state index contributed by atoms with van der Waals surface area (Å²) in [6.07, 6.45) is -1.02. The molecule has 1 fully saturated rings. The van der Waals surface area contributed by atoms with Crippen molar-refractivity contribution in [3.05, 3.63) is 0 Å². The molecule has 0 aliphatic carbocycles. The molecule has 1 aliphatic heterocycles. The highest BCUT2D eigenvalue weighted by molar-refractivity contribution is 5.87. The summed E-state index contributed by atoms with van der Waals surface area (Å²) >= 11 is 0. The van der Waals surface area contributed by atoms with Crippen LogP contribution in [0.5, 0.6) is 0 Å². The van der Waals surface area contributed by atoms with Crippen LogP contribution in [0.4, 0.5) is 13.6 Å². The molecule has 0 bridgehead atoms. The summed E-state index contributed by atoms with van der Waals surface area (Å²) in [7, 11) is 0. The maximum atomic E-state index is 14.1. The first-order chi connectivity index (χ1) is 10.7. The number of carbonyl (C=O) groups is 2. The summed E-state index contributed by atoms with van der Waals surface area (Å²) in [6, 6.07) is -1.76. The molecule has 1 rings (SSSR count). The van der Waals surface area contributed by atoms with E-state index in [1.54, 1.807) is 20.8 Å². The van der Waals surface area contributed by atoms with Gasteiger partial charge in [0.2, 0.25) is 5.91 Å². The number of halogens is 2. The Morgan fingerprint density at radius 3 is 2.35 bits per heavy atom. The van der Waals surface area contributed by atoms with Gasteiger partial charge in [-0.05, 0) is 12.8 Å². The Morgan fingerprint density at radius 2 is 1.83 bits per heavy atom. The number of carbonyl (C=O) groups excluding carboxylic acids is 2. The number of urea groups is 1. The van der Waals surface area contributed by atoms with Crippen LogP contribution in [0.15, 0.2) is 0 Å². The monoisotopic (exact) mass is 335 g/mol. The van der Waals surface area contributed by atoms with Crippen molar-refractivity contribution < 1.29 is 23.1 Å². The zero-order valence-corrected chi connectivity index (χ0v) is 14.0. The highest BCUT2D eigenvalue weighted by atomic mass is 19.3. The molecule has 1 atom stereocenters. The fourth-order valence-electron chi connectivity index (χ4n) is 2.49. The molecule has 1 heterocycles. The first-order valence-electron chi connectivity index (χ1n) is 8.04. The van der Waals surface area contributed by atoms with Crippen LogP contribution in [0.1, 0.15) is 33.6 Å². The SMILES string of the molecule is CCNC(=O)[C@H](CC(F)(F)CC(C)C)NC(=O)N1CCOCC1. The molecule has 0 unspecified atom stereocenters. The quantitative estimate of drug-likeness (QED) is 0.742. The van der Waals surface area contributed by atoms with Crippen molar-refractivity contribution in [1.82, 2.24) is 15.5 Å². The topological polar surface area (TPSA) is 70.7 Å². The Labute approximate surface area is 135 Å². The lowest BCUT2D eigenvalue weighted by molar-refractivity contribution is -0.126. The number of nitrogens with zero attached hydrogens (tertiary/aromatic N) is 1. The first-order valence-corrected chi connectivity index (χ1v) is 8.04. The van der Waals surface area contributed by atoms with E-state index in [-0.39, 0.29) is 12.3 Å². The molecule has 3 amide bonds. The summed E-state index contributed by atoms with van der Waals surface area (Å²) in [6.45, 7) is 6.99. The predicted octanol–water partition coefficient (Wildman–Crippen LogP) is 1.60. The standard InChI is InChI=1S/C15H27F2N3O3/c1-4-18-13(21)12(10-15(16,17)9-11(2)3)19-14(22)20-5-7-23-8-6-20/h11-12H,4-10H2,1-3H3,(H,18,21)(H,19,22)/t12-/m0/s1. The number of hydrogen-bond acceptors (Lipinski definition) is 3. The second kappa shape index (κ2) is 9.00. The number of hydrogen-bond donors (Lipinski definition) is 2. The van der Waals surface area contributed by atoms with Gasteiger partial charge in [-0.3, -0.25) is 4.79 Å². The molecular formula is C15H27F2N3O3. The van der Waals surface area contributed by atoms with Crippen LogP contribution >= 0.6 is 0 Å². The average molecular weight is 335 g/mol. The number of ether oxygens (including phenoxy) is 1. The number of morpholine rings is 1. The number of alkyl halides is 2. The summed E-state index contributed by atoms with van der Waals surface area (Å²) in [4.78, 5) is 25.7. The Kier molecular flexibility index (Phi) is 7.67. The summed E-state index contributed by atoms with van der Waals surface area (Å²) in [5.41, 5.74) is 0. The third-order valence-corrected chi connectivity index (χ3v) is 3.47. The third-order valence-electron chi connectivity index (χ3n) is 3.47. The third kappa shape index (κ3) is 7.11. The van der Waals surface area contributed by atoms with Gasteiger partial charge in [0.15, 0.2) is 0 Å². The van der Waals surface area contributed by atoms with Crippen LogP contribution in [0.2, 0.25) is 0 Å². The minimum absolute atomic E-state index is 0.199. The molecule has 0 radical (unpaired) electrons. The highest BCUT2D eigenvalue weighted by Crippen LogP contribution is 2.28. The van der Waals surface area contributed by atoms with Gasteiger partial charge in [0.25, 0.3) is 5.92 Å². The predicted molar refractivity (Wildman–Crippen MR) is 82.4 cm³/mol. The van der Waals surface area contributed by atoms with Gasteiger partial charge in [-0.15, -0.1) is 0 Å². The Morgan fingerprint density at radius 1 is 1.22 bits per heavy atom. The molecule has 0 spiro atoms. The zero-order valence-electron chi connectivity index (χ0n) is 14.0. The van der Waals surface area contributed by atoms with Gasteiger partial charge in [-0.2, -0.15) is 0 Å². The molecule has 134 valence electrons. The number of amides is 3. The maximum absolute atomic E-state index is 14.1. The molecule has 23 heavy (non-hydrogen) atoms. The Bertz CT molecular complexity index is 399. The van der Waals surface area contributed by atoms with E-state index < -0.39 is 30.3 Å². The number of likely N-dealkylation sites (N-methyl/N-ethyl adjacent to an activating group) is 1. The minimum Gasteiger partial charge on any atom is -0.378 e. The largest absolute Gasteiger partial charge is 0.378 e. The first kappa shape index (κ1) is 19.6. The van der Waals surface area contributed by atoms with Gasteiger partial charge < -0.3 is 20.3 Å². The van der Waals surface area contributed by atoms with E-state index in [4.69, 9.17) is 4.74 Å². The molecular weight excluding hydrogens is 308 g/mol. The van der Waals surface area contributed by atoms with E-state index in [0.717, 1.165) is 0 Å². The van der Waals surface area contributed by atoms with Crippen molar-refractivity contribution in [1.29, 1.82) is 0 Å². The normalized spacial score (nSPS) is 17.0. The van der Waals surface area contributed by atoms with Crippen molar-refractivity contribution in [2.24, 2.45) is 5.92 Å². The van der Waals surface area contributed by atoms with Crippen LogP contribution in [-0.4, -0.2) is 61.7 Å². The molecule has 1 aliphatic rings. The summed E-state index contributed by atoms with van der Waals surface area (Å²) < 4.78 is 33.3. The lowest BCUT2D eigenvalue weighted by Gasteiger charge is -2.30. The van der Waals surface area contributed by atoms with Crippen LogP contribution in [-0.2, 0) is 9.53 Å². The number of rotatable bonds is 7. The van der Waals surface area contributed by atoms with Gasteiger partial charge in [-0.25, -0.2) is 13.6 Å². The van der Waals surface area contributed by atoms with Gasteiger partial charge in [-0.1, -0.05) is 13.8 Å². The molecule has 0 aromatic carbocycles. The maximum Gasteiger partial charge on any atom is 0.318 e. The van der Waals surface area contributed by atoms with Crippen LogP contribution in [0.25, 0.3) is 0 Å². The van der Waals surface area contributed by atoms with Crippen molar-refractivity contribution in [3.8, 4) is 0 Å². The summed E-state index contributed by atoms with van der Waals surface area (Å²) in [5.74, 6) is -3.80. The molecule has 0 aromatic rings. The summed E-state index contributed by atoms with van der Waals surface area (Å²) in [5, 5.41) is 4.94. The van der Waals surface area contributed by atoms with E-state index in [1.807, 2.05) is 0 Å². The van der Waals surface area contributed by atoms with Crippen molar-refractivity contribution >= 4 is 11.9 Å². The van der Waals surface area contributed by atoms with E-state index in [2.05, 4.69) is 10.6 Å². The van der Waals surface area contributed by atoms with Gasteiger partial charge in [0.1, 0.15) is 6.04 Å². The van der Waals surface area contributed by atoms with Crippen LogP contribution in [0, 0.1) is 5.92 Å². The van der Waals surface area contributed by atoms with E-state index >= 15 is 0 Å². The van der Waals surface area contributed by atoms with Gasteiger partial charge in [0.05, 0.1) is 13.2 Å². The fraction of sp³-hybridized carbons (Fsp3) is 0.867. The molecule has 0 aromatic heterocycles. The molecule has 6 nitrogen and oxygen atoms in total. The molecule has 0 saturated carbocycles. The van der Waals surface area contributed by atoms with E-state index in [1.165, 1.54) is 4.90 Å². The highest BCUT2D eigenvalue weighted by Gasteiger charge is 2.37. The molecule has 2 N–H and O–H groups in total. The van der Waals surface area contributed by atoms with Gasteiger partial charge >= 0.3 is 6.03 Å². The Balaban J connectivity index is 2.71. The van der Waals surface area contributed by atoms with Gasteiger partial charge in [0, 0.05) is 32.5 Å².